The van der Waals surface area contributed by atoms with Gasteiger partial charge in [0.05, 0.1) is 7.11 Å². The molecule has 5 heteroatoms. The van der Waals surface area contributed by atoms with Crippen LogP contribution in [0.3, 0.4) is 0 Å². The highest BCUT2D eigenvalue weighted by atomic mass is 16.5. The van der Waals surface area contributed by atoms with Gasteiger partial charge in [-0.1, -0.05) is 72.8 Å². The number of carbonyl (C=O) groups excluding carboxylic acids is 2. The SMILES string of the molecule is COC(=O)[C@@H](Cc1cccc2ccccc12)NC(=O)[C@@H](O)c1ccccc1. The maximum Gasteiger partial charge on any atom is 0.328 e. The van der Waals surface area contributed by atoms with E-state index in [4.69, 9.17) is 4.74 Å². The third-order valence-corrected chi connectivity index (χ3v) is 4.47. The molecule has 0 saturated carbocycles. The molecule has 138 valence electrons. The van der Waals surface area contributed by atoms with Gasteiger partial charge in [0.1, 0.15) is 6.04 Å². The van der Waals surface area contributed by atoms with Gasteiger partial charge >= 0.3 is 5.97 Å². The number of carbonyl (C=O) groups is 2. The van der Waals surface area contributed by atoms with Crippen molar-refractivity contribution >= 4 is 22.6 Å². The zero-order chi connectivity index (χ0) is 19.2. The minimum atomic E-state index is -1.36. The van der Waals surface area contributed by atoms with Crippen LogP contribution in [0.4, 0.5) is 0 Å². The van der Waals surface area contributed by atoms with E-state index < -0.39 is 24.0 Å². The van der Waals surface area contributed by atoms with Gasteiger partial charge in [0.25, 0.3) is 5.91 Å². The lowest BCUT2D eigenvalue weighted by molar-refractivity contribution is -0.146. The second-order valence-electron chi connectivity index (χ2n) is 6.24. The molecule has 27 heavy (non-hydrogen) atoms. The van der Waals surface area contributed by atoms with E-state index >= 15 is 0 Å². The second-order valence-corrected chi connectivity index (χ2v) is 6.24. The molecule has 1 amide bonds. The van der Waals surface area contributed by atoms with E-state index in [0.29, 0.717) is 5.56 Å². The highest BCUT2D eigenvalue weighted by Gasteiger charge is 2.26. The Bertz CT molecular complexity index is 934. The number of aliphatic hydroxyl groups is 1. The van der Waals surface area contributed by atoms with Crippen molar-refractivity contribution in [1.82, 2.24) is 5.32 Å². The van der Waals surface area contributed by atoms with Crippen LogP contribution in [0.25, 0.3) is 10.8 Å². The standard InChI is InChI=1S/C22H21NO4/c1-27-22(26)19(23-21(25)20(24)16-9-3-2-4-10-16)14-17-12-7-11-15-8-5-6-13-18(15)17/h2-13,19-20,24H,14H2,1H3,(H,23,25)/t19-,20+/m1/s1. The number of hydrogen-bond donors (Lipinski definition) is 2. The Kier molecular flexibility index (Phi) is 5.84. The second kappa shape index (κ2) is 8.47. The van der Waals surface area contributed by atoms with Gasteiger partial charge in [-0.05, 0) is 21.9 Å². The fourth-order valence-electron chi connectivity index (χ4n) is 3.06. The molecule has 0 fully saturated rings. The van der Waals surface area contributed by atoms with Gasteiger partial charge in [0.2, 0.25) is 0 Å². The summed E-state index contributed by atoms with van der Waals surface area (Å²) in [6.45, 7) is 0. The molecule has 3 rings (SSSR count). The lowest BCUT2D eigenvalue weighted by atomic mass is 9.98. The number of esters is 1. The summed E-state index contributed by atoms with van der Waals surface area (Å²) >= 11 is 0. The summed E-state index contributed by atoms with van der Waals surface area (Å²) in [6.07, 6.45) is -1.09. The number of rotatable bonds is 6. The molecule has 2 atom stereocenters. The third kappa shape index (κ3) is 4.33. The first kappa shape index (κ1) is 18.6. The number of hydrogen-bond acceptors (Lipinski definition) is 4. The van der Waals surface area contributed by atoms with E-state index in [0.717, 1.165) is 16.3 Å². The average Bonchev–Trinajstić information content (AvgIpc) is 2.72. The van der Waals surface area contributed by atoms with Crippen LogP contribution in [-0.2, 0) is 20.7 Å². The Morgan fingerprint density at radius 1 is 0.963 bits per heavy atom. The van der Waals surface area contributed by atoms with Crippen LogP contribution < -0.4 is 5.32 Å². The maximum atomic E-state index is 12.5. The van der Waals surface area contributed by atoms with Gasteiger partial charge < -0.3 is 15.2 Å². The molecule has 0 radical (unpaired) electrons. The number of aliphatic hydroxyl groups excluding tert-OH is 1. The van der Waals surface area contributed by atoms with Crippen molar-refractivity contribution in [2.75, 3.05) is 7.11 Å². The molecule has 0 aliphatic heterocycles. The van der Waals surface area contributed by atoms with Crippen LogP contribution >= 0.6 is 0 Å². The van der Waals surface area contributed by atoms with E-state index in [1.165, 1.54) is 7.11 Å². The van der Waals surface area contributed by atoms with Crippen molar-refractivity contribution in [3.8, 4) is 0 Å². The van der Waals surface area contributed by atoms with Crippen molar-refractivity contribution in [2.45, 2.75) is 18.6 Å². The smallest absolute Gasteiger partial charge is 0.328 e. The molecule has 0 bridgehead atoms. The first-order valence-corrected chi connectivity index (χ1v) is 8.68. The minimum Gasteiger partial charge on any atom is -0.467 e. The first-order chi connectivity index (χ1) is 13.1. The molecular weight excluding hydrogens is 342 g/mol. The predicted octanol–water partition coefficient (Wildman–Crippen LogP) is 2.77. The van der Waals surface area contributed by atoms with E-state index in [9.17, 15) is 14.7 Å². The highest BCUT2D eigenvalue weighted by Crippen LogP contribution is 2.20. The first-order valence-electron chi connectivity index (χ1n) is 8.68. The van der Waals surface area contributed by atoms with Crippen molar-refractivity contribution in [3.05, 3.63) is 83.9 Å². The van der Waals surface area contributed by atoms with Crippen LogP contribution in [0.5, 0.6) is 0 Å². The number of methoxy groups -OCH3 is 1. The van der Waals surface area contributed by atoms with Crippen molar-refractivity contribution in [3.63, 3.8) is 0 Å². The fraction of sp³-hybridized carbons (Fsp3) is 0.182. The van der Waals surface area contributed by atoms with E-state index in [1.54, 1.807) is 30.3 Å². The molecule has 3 aromatic carbocycles. The number of ether oxygens (including phenoxy) is 1. The number of amides is 1. The van der Waals surface area contributed by atoms with Crippen LogP contribution in [0, 0.1) is 0 Å². The predicted molar refractivity (Wildman–Crippen MR) is 103 cm³/mol. The normalized spacial score (nSPS) is 13.0. The zero-order valence-electron chi connectivity index (χ0n) is 15.0. The summed E-state index contributed by atoms with van der Waals surface area (Å²) in [7, 11) is 1.28. The summed E-state index contributed by atoms with van der Waals surface area (Å²) in [4.78, 5) is 24.7. The molecule has 0 aliphatic rings. The number of nitrogens with one attached hydrogen (secondary N) is 1. The highest BCUT2D eigenvalue weighted by molar-refractivity contribution is 5.89. The van der Waals surface area contributed by atoms with Gasteiger partial charge in [-0.2, -0.15) is 0 Å². The Hall–Kier alpha value is -3.18. The topological polar surface area (TPSA) is 75.6 Å². The fourth-order valence-corrected chi connectivity index (χ4v) is 3.06. The van der Waals surface area contributed by atoms with Crippen molar-refractivity contribution in [2.24, 2.45) is 0 Å². The molecule has 0 aromatic heterocycles. The summed E-state index contributed by atoms with van der Waals surface area (Å²) in [5, 5.41) is 14.9. The lowest BCUT2D eigenvalue weighted by Crippen LogP contribution is -2.45. The monoisotopic (exact) mass is 363 g/mol. The largest absolute Gasteiger partial charge is 0.467 e. The molecule has 0 heterocycles. The lowest BCUT2D eigenvalue weighted by Gasteiger charge is -2.20. The molecule has 0 aliphatic carbocycles. The summed E-state index contributed by atoms with van der Waals surface area (Å²) in [6, 6.07) is 21.3. The molecule has 2 N–H and O–H groups in total. The van der Waals surface area contributed by atoms with Crippen molar-refractivity contribution < 1.29 is 19.4 Å². The van der Waals surface area contributed by atoms with Crippen LogP contribution in [-0.4, -0.2) is 30.1 Å². The zero-order valence-corrected chi connectivity index (χ0v) is 15.0. The van der Waals surface area contributed by atoms with E-state index in [-0.39, 0.29) is 6.42 Å². The molecule has 0 spiro atoms. The Balaban J connectivity index is 1.82. The maximum absolute atomic E-state index is 12.5. The van der Waals surface area contributed by atoms with Gasteiger partial charge in [0.15, 0.2) is 6.10 Å². The number of fused-ring (bicyclic) bond motifs is 1. The Morgan fingerprint density at radius 3 is 2.37 bits per heavy atom. The Labute approximate surface area is 157 Å². The molecular formula is C22H21NO4. The van der Waals surface area contributed by atoms with Crippen LogP contribution in [0.2, 0.25) is 0 Å². The summed E-state index contributed by atoms with van der Waals surface area (Å²) in [5.41, 5.74) is 1.38. The summed E-state index contributed by atoms with van der Waals surface area (Å²) in [5.74, 6) is -1.20. The van der Waals surface area contributed by atoms with Gasteiger partial charge in [-0.15, -0.1) is 0 Å². The van der Waals surface area contributed by atoms with Gasteiger partial charge in [0, 0.05) is 6.42 Å². The molecule has 3 aromatic rings. The van der Waals surface area contributed by atoms with Gasteiger partial charge in [-0.25, -0.2) is 4.79 Å². The van der Waals surface area contributed by atoms with E-state index in [1.807, 2.05) is 42.5 Å². The van der Waals surface area contributed by atoms with E-state index in [2.05, 4.69) is 5.32 Å². The van der Waals surface area contributed by atoms with Gasteiger partial charge in [-0.3, -0.25) is 4.79 Å². The molecule has 0 unspecified atom stereocenters. The number of benzene rings is 3. The minimum absolute atomic E-state index is 0.265. The average molecular weight is 363 g/mol. The molecule has 0 saturated heterocycles. The quantitative estimate of drug-likeness (QED) is 0.661. The Morgan fingerprint density at radius 2 is 1.63 bits per heavy atom. The van der Waals surface area contributed by atoms with Crippen LogP contribution in [0.15, 0.2) is 72.8 Å². The third-order valence-electron chi connectivity index (χ3n) is 4.47. The molecule has 5 nitrogen and oxygen atoms in total. The summed E-state index contributed by atoms with van der Waals surface area (Å²) < 4.78 is 4.85. The van der Waals surface area contributed by atoms with Crippen LogP contribution in [0.1, 0.15) is 17.2 Å². The van der Waals surface area contributed by atoms with Crippen molar-refractivity contribution in [1.29, 1.82) is 0 Å².